The van der Waals surface area contributed by atoms with Gasteiger partial charge in [-0.05, 0) is 31.1 Å². The van der Waals surface area contributed by atoms with E-state index in [-0.39, 0.29) is 0 Å². The molecule has 0 amide bonds. The van der Waals surface area contributed by atoms with Crippen LogP contribution in [0.25, 0.3) is 0 Å². The van der Waals surface area contributed by atoms with Crippen molar-refractivity contribution in [3.8, 4) is 0 Å². The van der Waals surface area contributed by atoms with E-state index in [0.717, 1.165) is 12.3 Å². The Bertz CT molecular complexity index is 155. The second kappa shape index (κ2) is 9.05. The summed E-state index contributed by atoms with van der Waals surface area (Å²) in [4.78, 5) is 0. The van der Waals surface area contributed by atoms with Crippen LogP contribution in [0.3, 0.4) is 0 Å². The van der Waals surface area contributed by atoms with Crippen LogP contribution in [-0.4, -0.2) is 0 Å². The largest absolute Gasteiger partial charge is 0.103 e. The van der Waals surface area contributed by atoms with E-state index in [1.54, 1.807) is 0 Å². The van der Waals surface area contributed by atoms with Gasteiger partial charge in [0.2, 0.25) is 0 Å². The fraction of sp³-hybridized carbons (Fsp3) is 0.714. The van der Waals surface area contributed by atoms with Crippen molar-refractivity contribution >= 4 is 0 Å². The maximum atomic E-state index is 3.96. The molecule has 0 spiro atoms. The first-order valence-electron chi connectivity index (χ1n) is 6.09. The predicted octanol–water partition coefficient (Wildman–Crippen LogP) is 4.97. The summed E-state index contributed by atoms with van der Waals surface area (Å²) in [6.45, 7) is 10.7. The zero-order valence-electron chi connectivity index (χ0n) is 10.1. The lowest BCUT2D eigenvalue weighted by molar-refractivity contribution is 0.412. The van der Waals surface area contributed by atoms with E-state index in [9.17, 15) is 0 Å². The monoisotopic (exact) mass is 194 g/mol. The van der Waals surface area contributed by atoms with Gasteiger partial charge in [-0.2, -0.15) is 0 Å². The highest BCUT2D eigenvalue weighted by Crippen LogP contribution is 2.24. The SMILES string of the molecule is C=CC(CCC)C(C=CCC)CCC. The maximum absolute atomic E-state index is 3.96. The Balaban J connectivity index is 4.25. The van der Waals surface area contributed by atoms with Crippen LogP contribution in [0.4, 0.5) is 0 Å². The quantitative estimate of drug-likeness (QED) is 0.478. The number of rotatable bonds is 8. The molecular formula is C14H26. The summed E-state index contributed by atoms with van der Waals surface area (Å²) in [6.07, 6.45) is 13.1. The first kappa shape index (κ1) is 13.5. The molecule has 0 aliphatic rings. The topological polar surface area (TPSA) is 0 Å². The fourth-order valence-electron chi connectivity index (χ4n) is 1.94. The summed E-state index contributed by atoms with van der Waals surface area (Å²) in [5.41, 5.74) is 0. The zero-order valence-corrected chi connectivity index (χ0v) is 10.1. The molecule has 0 aliphatic heterocycles. The van der Waals surface area contributed by atoms with Crippen molar-refractivity contribution in [3.05, 3.63) is 24.8 Å². The Hall–Kier alpha value is -0.520. The van der Waals surface area contributed by atoms with Gasteiger partial charge in [-0.1, -0.05) is 51.8 Å². The van der Waals surface area contributed by atoms with Crippen LogP contribution in [0.15, 0.2) is 24.8 Å². The summed E-state index contributed by atoms with van der Waals surface area (Å²) in [5.74, 6) is 1.40. The van der Waals surface area contributed by atoms with Gasteiger partial charge in [0.25, 0.3) is 0 Å². The first-order chi connectivity index (χ1) is 6.79. The number of allylic oxidation sites excluding steroid dienone is 3. The molecule has 0 heteroatoms. The molecule has 2 unspecified atom stereocenters. The molecule has 0 aromatic heterocycles. The van der Waals surface area contributed by atoms with Crippen molar-refractivity contribution in [3.63, 3.8) is 0 Å². The molecule has 0 fully saturated rings. The van der Waals surface area contributed by atoms with Gasteiger partial charge in [0.1, 0.15) is 0 Å². The van der Waals surface area contributed by atoms with Gasteiger partial charge in [0, 0.05) is 0 Å². The van der Waals surface area contributed by atoms with Gasteiger partial charge >= 0.3 is 0 Å². The van der Waals surface area contributed by atoms with Crippen LogP contribution < -0.4 is 0 Å². The number of hydrogen-bond acceptors (Lipinski definition) is 0. The molecular weight excluding hydrogens is 168 g/mol. The summed E-state index contributed by atoms with van der Waals surface area (Å²) < 4.78 is 0. The highest BCUT2D eigenvalue weighted by molar-refractivity contribution is 4.96. The minimum Gasteiger partial charge on any atom is -0.103 e. The van der Waals surface area contributed by atoms with Gasteiger partial charge in [0.05, 0.1) is 0 Å². The smallest absolute Gasteiger partial charge is 0.0171 e. The molecule has 0 aromatic rings. The van der Waals surface area contributed by atoms with Gasteiger partial charge < -0.3 is 0 Å². The molecule has 82 valence electrons. The van der Waals surface area contributed by atoms with Crippen LogP contribution in [0.1, 0.15) is 52.9 Å². The maximum Gasteiger partial charge on any atom is -0.0171 e. The van der Waals surface area contributed by atoms with E-state index in [4.69, 9.17) is 0 Å². The van der Waals surface area contributed by atoms with Gasteiger partial charge in [-0.25, -0.2) is 0 Å². The molecule has 14 heavy (non-hydrogen) atoms. The van der Waals surface area contributed by atoms with Crippen molar-refractivity contribution in [2.24, 2.45) is 11.8 Å². The second-order valence-electron chi connectivity index (χ2n) is 3.98. The molecule has 0 aliphatic carbocycles. The van der Waals surface area contributed by atoms with E-state index in [1.165, 1.54) is 25.7 Å². The highest BCUT2D eigenvalue weighted by Gasteiger charge is 2.13. The average Bonchev–Trinajstić information content (AvgIpc) is 2.21. The fourth-order valence-corrected chi connectivity index (χ4v) is 1.94. The zero-order chi connectivity index (χ0) is 10.8. The lowest BCUT2D eigenvalue weighted by atomic mass is 9.85. The van der Waals surface area contributed by atoms with Crippen molar-refractivity contribution in [1.82, 2.24) is 0 Å². The molecule has 0 bridgehead atoms. The Kier molecular flexibility index (Phi) is 8.72. The normalized spacial score (nSPS) is 15.6. The Morgan fingerprint density at radius 3 is 2.00 bits per heavy atom. The van der Waals surface area contributed by atoms with Crippen LogP contribution in [-0.2, 0) is 0 Å². The molecule has 0 rings (SSSR count). The van der Waals surface area contributed by atoms with Gasteiger partial charge in [0.15, 0.2) is 0 Å². The molecule has 2 atom stereocenters. The third-order valence-electron chi connectivity index (χ3n) is 2.72. The standard InChI is InChI=1S/C14H26/c1-5-9-12-14(11-7-3)13(8-4)10-6-2/h8-9,12-14H,4-7,10-11H2,1-3H3. The molecule has 0 heterocycles. The molecule has 0 aromatic carbocycles. The van der Waals surface area contributed by atoms with E-state index in [0.29, 0.717) is 5.92 Å². The van der Waals surface area contributed by atoms with Crippen molar-refractivity contribution in [1.29, 1.82) is 0 Å². The van der Waals surface area contributed by atoms with E-state index in [1.807, 2.05) is 0 Å². The van der Waals surface area contributed by atoms with Crippen molar-refractivity contribution < 1.29 is 0 Å². The average molecular weight is 194 g/mol. The first-order valence-corrected chi connectivity index (χ1v) is 6.09. The molecule has 0 nitrogen and oxygen atoms in total. The van der Waals surface area contributed by atoms with Crippen molar-refractivity contribution in [2.45, 2.75) is 52.9 Å². The lowest BCUT2D eigenvalue weighted by Crippen LogP contribution is -2.10. The minimum absolute atomic E-state index is 0.683. The van der Waals surface area contributed by atoms with Crippen molar-refractivity contribution in [2.75, 3.05) is 0 Å². The summed E-state index contributed by atoms with van der Waals surface area (Å²) in [6, 6.07) is 0. The second-order valence-corrected chi connectivity index (χ2v) is 3.98. The van der Waals surface area contributed by atoms with Gasteiger partial charge in [-0.3, -0.25) is 0 Å². The van der Waals surface area contributed by atoms with Crippen LogP contribution in [0.2, 0.25) is 0 Å². The van der Waals surface area contributed by atoms with E-state index in [2.05, 4.69) is 45.6 Å². The molecule has 0 saturated heterocycles. The predicted molar refractivity (Wildman–Crippen MR) is 66.4 cm³/mol. The van der Waals surface area contributed by atoms with E-state index >= 15 is 0 Å². The Morgan fingerprint density at radius 1 is 1.00 bits per heavy atom. The Labute approximate surface area is 90.1 Å². The summed E-state index contributed by atoms with van der Waals surface area (Å²) in [7, 11) is 0. The Morgan fingerprint density at radius 2 is 1.57 bits per heavy atom. The third-order valence-corrected chi connectivity index (χ3v) is 2.72. The molecule has 0 N–H and O–H groups in total. The number of hydrogen-bond donors (Lipinski definition) is 0. The molecule has 0 saturated carbocycles. The van der Waals surface area contributed by atoms with Crippen LogP contribution in [0, 0.1) is 11.8 Å². The van der Waals surface area contributed by atoms with Gasteiger partial charge in [-0.15, -0.1) is 6.58 Å². The highest BCUT2D eigenvalue weighted by atomic mass is 14.2. The van der Waals surface area contributed by atoms with Crippen LogP contribution >= 0.6 is 0 Å². The third kappa shape index (κ3) is 5.26. The van der Waals surface area contributed by atoms with E-state index < -0.39 is 0 Å². The lowest BCUT2D eigenvalue weighted by Gasteiger charge is -2.20. The minimum atomic E-state index is 0.683. The summed E-state index contributed by atoms with van der Waals surface area (Å²) >= 11 is 0. The summed E-state index contributed by atoms with van der Waals surface area (Å²) in [5, 5.41) is 0. The van der Waals surface area contributed by atoms with Crippen LogP contribution in [0.5, 0.6) is 0 Å². The molecule has 0 radical (unpaired) electrons.